The van der Waals surface area contributed by atoms with E-state index in [1.807, 2.05) is 19.1 Å². The van der Waals surface area contributed by atoms with Crippen LogP contribution >= 0.6 is 12.2 Å². The van der Waals surface area contributed by atoms with Crippen LogP contribution in [0.4, 0.5) is 0 Å². The summed E-state index contributed by atoms with van der Waals surface area (Å²) in [7, 11) is 3.91. The summed E-state index contributed by atoms with van der Waals surface area (Å²) >= 11 is 5.22. The lowest BCUT2D eigenvalue weighted by molar-refractivity contribution is 0.342. The number of hydrogen-bond donors (Lipinski definition) is 2. The number of thiocarbonyl (C=S) groups is 1. The molecule has 2 aliphatic carbocycles. The Bertz CT molecular complexity index is 229. The molecule has 0 aromatic heterocycles. The van der Waals surface area contributed by atoms with Crippen molar-refractivity contribution in [1.29, 1.82) is 0 Å². The average Bonchev–Trinajstić information content (AvgIpc) is 2.62. The molecule has 2 fully saturated rings. The van der Waals surface area contributed by atoms with Crippen molar-refractivity contribution in [3.63, 3.8) is 0 Å². The van der Waals surface area contributed by atoms with E-state index < -0.39 is 0 Å². The summed E-state index contributed by atoms with van der Waals surface area (Å²) in [6.45, 7) is 0. The van der Waals surface area contributed by atoms with Crippen LogP contribution in [0.25, 0.3) is 0 Å². The lowest BCUT2D eigenvalue weighted by atomic mass is 9.96. The number of nitrogens with one attached hydrogen (secondary N) is 2. The Kier molecular flexibility index (Phi) is 2.93. The molecular formula is C10H19N3S. The number of hydrogen-bond acceptors (Lipinski definition) is 2. The Labute approximate surface area is 91.2 Å². The molecule has 0 spiro atoms. The highest BCUT2D eigenvalue weighted by atomic mass is 32.1. The first kappa shape index (κ1) is 10.2. The minimum Gasteiger partial charge on any atom is -0.359 e. The summed E-state index contributed by atoms with van der Waals surface area (Å²) in [5.41, 5.74) is 3.08. The predicted molar refractivity (Wildman–Crippen MR) is 61.8 cm³/mol. The highest BCUT2D eigenvalue weighted by Crippen LogP contribution is 2.44. The molecule has 2 bridgehead atoms. The molecule has 2 N–H and O–H groups in total. The first-order chi connectivity index (χ1) is 6.65. The summed E-state index contributed by atoms with van der Waals surface area (Å²) < 4.78 is 0. The average molecular weight is 213 g/mol. The molecule has 0 amide bonds. The molecule has 0 saturated heterocycles. The van der Waals surface area contributed by atoms with Gasteiger partial charge < -0.3 is 5.32 Å². The molecule has 2 aliphatic rings. The summed E-state index contributed by atoms with van der Waals surface area (Å²) in [6, 6.07) is 0.633. The zero-order valence-corrected chi connectivity index (χ0v) is 9.73. The van der Waals surface area contributed by atoms with Crippen LogP contribution in [-0.4, -0.2) is 30.3 Å². The van der Waals surface area contributed by atoms with E-state index in [4.69, 9.17) is 12.2 Å². The second-order valence-electron chi connectivity index (χ2n) is 4.76. The molecule has 14 heavy (non-hydrogen) atoms. The van der Waals surface area contributed by atoms with Gasteiger partial charge in [0.05, 0.1) is 0 Å². The van der Waals surface area contributed by atoms with Crippen molar-refractivity contribution < 1.29 is 0 Å². The molecule has 0 aromatic carbocycles. The molecule has 3 nitrogen and oxygen atoms in total. The molecule has 0 aliphatic heterocycles. The molecule has 3 atom stereocenters. The van der Waals surface area contributed by atoms with Crippen LogP contribution in [0.1, 0.15) is 25.7 Å². The standard InChI is InChI=1S/C10H19N3S/c1-13(2)12-10(14)11-9-6-7-3-4-8(9)5-7/h7-9H,3-6H2,1-2H3,(H2,11,12,14)/t7-,8+,9+/m0/s1. The number of fused-ring (bicyclic) bond motifs is 2. The van der Waals surface area contributed by atoms with E-state index in [-0.39, 0.29) is 0 Å². The van der Waals surface area contributed by atoms with E-state index in [9.17, 15) is 0 Å². The fraction of sp³-hybridized carbons (Fsp3) is 0.900. The molecule has 2 rings (SSSR count). The van der Waals surface area contributed by atoms with Crippen LogP contribution in [0.15, 0.2) is 0 Å². The topological polar surface area (TPSA) is 27.3 Å². The third-order valence-electron chi connectivity index (χ3n) is 3.38. The monoisotopic (exact) mass is 213 g/mol. The van der Waals surface area contributed by atoms with Crippen LogP contribution < -0.4 is 10.7 Å². The smallest absolute Gasteiger partial charge is 0.181 e. The number of rotatable bonds is 2. The van der Waals surface area contributed by atoms with E-state index in [1.54, 1.807) is 0 Å². The minimum absolute atomic E-state index is 0.633. The lowest BCUT2D eigenvalue weighted by Crippen LogP contribution is -2.48. The van der Waals surface area contributed by atoms with Crippen LogP contribution in [0.3, 0.4) is 0 Å². The summed E-state index contributed by atoms with van der Waals surface area (Å²) in [4.78, 5) is 0. The van der Waals surface area contributed by atoms with Gasteiger partial charge in [0.2, 0.25) is 0 Å². The molecule has 80 valence electrons. The van der Waals surface area contributed by atoms with Gasteiger partial charge in [-0.1, -0.05) is 6.42 Å². The van der Waals surface area contributed by atoms with Crippen molar-refractivity contribution in [2.24, 2.45) is 11.8 Å². The quantitative estimate of drug-likeness (QED) is 0.531. The SMILES string of the molecule is CN(C)NC(=S)N[C@@H]1C[C@H]2CC[C@@H]1C2. The Hall–Kier alpha value is -0.350. The molecular weight excluding hydrogens is 194 g/mol. The predicted octanol–water partition coefficient (Wildman–Crippen LogP) is 1.12. The summed E-state index contributed by atoms with van der Waals surface area (Å²) in [5, 5.41) is 6.07. The zero-order valence-electron chi connectivity index (χ0n) is 8.92. The third-order valence-corrected chi connectivity index (χ3v) is 3.59. The van der Waals surface area contributed by atoms with Crippen molar-refractivity contribution in [3.05, 3.63) is 0 Å². The van der Waals surface area contributed by atoms with E-state index in [1.165, 1.54) is 25.7 Å². The fourth-order valence-corrected chi connectivity index (χ4v) is 3.16. The summed E-state index contributed by atoms with van der Waals surface area (Å²) in [5.74, 6) is 1.85. The van der Waals surface area contributed by atoms with Crippen molar-refractivity contribution in [1.82, 2.24) is 15.8 Å². The van der Waals surface area contributed by atoms with Gasteiger partial charge in [0.25, 0.3) is 0 Å². The highest BCUT2D eigenvalue weighted by Gasteiger charge is 2.39. The first-order valence-electron chi connectivity index (χ1n) is 5.39. The Morgan fingerprint density at radius 2 is 2.07 bits per heavy atom. The Balaban J connectivity index is 1.78. The van der Waals surface area contributed by atoms with Crippen LogP contribution in [-0.2, 0) is 0 Å². The third kappa shape index (κ3) is 2.17. The van der Waals surface area contributed by atoms with Gasteiger partial charge in [0, 0.05) is 20.1 Å². The second kappa shape index (κ2) is 4.03. The van der Waals surface area contributed by atoms with Gasteiger partial charge in [-0.05, 0) is 43.3 Å². The van der Waals surface area contributed by atoms with Gasteiger partial charge in [0.1, 0.15) is 0 Å². The minimum atomic E-state index is 0.633. The first-order valence-corrected chi connectivity index (χ1v) is 5.80. The lowest BCUT2D eigenvalue weighted by Gasteiger charge is -2.25. The Morgan fingerprint density at radius 1 is 1.29 bits per heavy atom. The van der Waals surface area contributed by atoms with Gasteiger partial charge in [-0.3, -0.25) is 5.43 Å². The fourth-order valence-electron chi connectivity index (χ4n) is 2.83. The van der Waals surface area contributed by atoms with Crippen molar-refractivity contribution in [2.45, 2.75) is 31.7 Å². The zero-order chi connectivity index (χ0) is 10.1. The maximum absolute atomic E-state index is 5.22. The Morgan fingerprint density at radius 3 is 2.57 bits per heavy atom. The summed E-state index contributed by atoms with van der Waals surface area (Å²) in [6.07, 6.45) is 5.58. The molecule has 0 radical (unpaired) electrons. The van der Waals surface area contributed by atoms with Crippen molar-refractivity contribution in [2.75, 3.05) is 14.1 Å². The number of nitrogens with zero attached hydrogens (tertiary/aromatic N) is 1. The largest absolute Gasteiger partial charge is 0.359 e. The van der Waals surface area contributed by atoms with E-state index in [2.05, 4.69) is 10.7 Å². The van der Waals surface area contributed by atoms with Crippen molar-refractivity contribution in [3.8, 4) is 0 Å². The van der Waals surface area contributed by atoms with E-state index >= 15 is 0 Å². The van der Waals surface area contributed by atoms with Gasteiger partial charge >= 0.3 is 0 Å². The molecule has 4 heteroatoms. The van der Waals surface area contributed by atoms with E-state index in [0.29, 0.717) is 6.04 Å². The van der Waals surface area contributed by atoms with Crippen LogP contribution in [0.5, 0.6) is 0 Å². The molecule has 0 aromatic rings. The molecule has 0 unspecified atom stereocenters. The molecule has 2 saturated carbocycles. The van der Waals surface area contributed by atoms with Crippen molar-refractivity contribution >= 4 is 17.3 Å². The normalized spacial score (nSPS) is 34.9. The van der Waals surface area contributed by atoms with Gasteiger partial charge in [-0.2, -0.15) is 0 Å². The van der Waals surface area contributed by atoms with Gasteiger partial charge in [0.15, 0.2) is 5.11 Å². The highest BCUT2D eigenvalue weighted by molar-refractivity contribution is 7.80. The van der Waals surface area contributed by atoms with Gasteiger partial charge in [-0.25, -0.2) is 5.01 Å². The number of hydrazine groups is 1. The maximum atomic E-state index is 5.22. The van der Waals surface area contributed by atoms with E-state index in [0.717, 1.165) is 16.9 Å². The van der Waals surface area contributed by atoms with Crippen LogP contribution in [0.2, 0.25) is 0 Å². The van der Waals surface area contributed by atoms with Crippen LogP contribution in [0, 0.1) is 11.8 Å². The maximum Gasteiger partial charge on any atom is 0.181 e. The molecule has 0 heterocycles. The second-order valence-corrected chi connectivity index (χ2v) is 5.17. The van der Waals surface area contributed by atoms with Gasteiger partial charge in [-0.15, -0.1) is 0 Å².